The van der Waals surface area contributed by atoms with Gasteiger partial charge in [0.05, 0.1) is 17.1 Å². The Bertz CT molecular complexity index is 1300. The molecule has 1 heterocycles. The zero-order chi connectivity index (χ0) is 24.2. The van der Waals surface area contributed by atoms with Crippen molar-refractivity contribution >= 4 is 44.3 Å². The van der Waals surface area contributed by atoms with Crippen LogP contribution in [0.25, 0.3) is 11.0 Å². The lowest BCUT2D eigenvalue weighted by Crippen LogP contribution is -2.22. The van der Waals surface area contributed by atoms with E-state index in [1.165, 1.54) is 0 Å². The molecular formula is C21H17F2NO8S. The summed E-state index contributed by atoms with van der Waals surface area (Å²) in [5, 5.41) is 2.87. The van der Waals surface area contributed by atoms with Crippen molar-refractivity contribution in [3.05, 3.63) is 59.9 Å². The summed E-state index contributed by atoms with van der Waals surface area (Å²) in [5.74, 6) is -6.41. The molecule has 1 N–H and O–H groups in total. The SMILES string of the molecule is CCOC(=O)c1oc2ccccc2c1NC(=O)COC(=O)c1ccc(S(=O)(=O)C(F)F)cc1. The van der Waals surface area contributed by atoms with E-state index >= 15 is 0 Å². The molecule has 1 amide bonds. The van der Waals surface area contributed by atoms with Crippen LogP contribution in [0.2, 0.25) is 0 Å². The summed E-state index contributed by atoms with van der Waals surface area (Å²) >= 11 is 0. The van der Waals surface area contributed by atoms with Crippen molar-refractivity contribution in [3.63, 3.8) is 0 Å². The molecule has 0 radical (unpaired) electrons. The number of fused-ring (bicyclic) bond motifs is 1. The molecule has 0 saturated carbocycles. The smallest absolute Gasteiger partial charge is 0.376 e. The average Bonchev–Trinajstić information content (AvgIpc) is 3.16. The second kappa shape index (κ2) is 9.77. The number of anilines is 1. The van der Waals surface area contributed by atoms with E-state index in [9.17, 15) is 31.6 Å². The monoisotopic (exact) mass is 481 g/mol. The number of esters is 2. The molecule has 0 atom stereocenters. The quantitative estimate of drug-likeness (QED) is 0.485. The van der Waals surface area contributed by atoms with Gasteiger partial charge in [-0.25, -0.2) is 18.0 Å². The highest BCUT2D eigenvalue weighted by Gasteiger charge is 2.27. The highest BCUT2D eigenvalue weighted by molar-refractivity contribution is 7.91. The summed E-state index contributed by atoms with van der Waals surface area (Å²) in [6, 6.07) is 10.2. The number of hydrogen-bond acceptors (Lipinski definition) is 8. The Morgan fingerprint density at radius 1 is 1.00 bits per heavy atom. The van der Waals surface area contributed by atoms with E-state index in [1.54, 1.807) is 31.2 Å². The van der Waals surface area contributed by atoms with Crippen molar-refractivity contribution in [3.8, 4) is 0 Å². The number of hydrogen-bond donors (Lipinski definition) is 1. The van der Waals surface area contributed by atoms with Gasteiger partial charge in [0.25, 0.3) is 5.91 Å². The van der Waals surface area contributed by atoms with Crippen molar-refractivity contribution in [2.45, 2.75) is 17.6 Å². The van der Waals surface area contributed by atoms with Crippen LogP contribution in [0, 0.1) is 0 Å². The zero-order valence-corrected chi connectivity index (χ0v) is 17.9. The molecule has 0 fully saturated rings. The first-order valence-electron chi connectivity index (χ1n) is 9.43. The van der Waals surface area contributed by atoms with Gasteiger partial charge in [0.15, 0.2) is 6.61 Å². The molecule has 2 aromatic carbocycles. The molecule has 1 aromatic heterocycles. The largest absolute Gasteiger partial charge is 0.460 e. The van der Waals surface area contributed by atoms with Crippen LogP contribution in [0.5, 0.6) is 0 Å². The Morgan fingerprint density at radius 3 is 2.30 bits per heavy atom. The van der Waals surface area contributed by atoms with Crippen molar-refractivity contribution in [1.82, 2.24) is 0 Å². The molecule has 0 aliphatic carbocycles. The summed E-state index contributed by atoms with van der Waals surface area (Å²) in [4.78, 5) is 36.0. The van der Waals surface area contributed by atoms with Crippen molar-refractivity contribution in [2.75, 3.05) is 18.5 Å². The Balaban J connectivity index is 1.70. The van der Waals surface area contributed by atoms with Gasteiger partial charge in [0.1, 0.15) is 11.3 Å². The first-order valence-corrected chi connectivity index (χ1v) is 11.0. The Morgan fingerprint density at radius 2 is 1.67 bits per heavy atom. The first kappa shape index (κ1) is 23.9. The van der Waals surface area contributed by atoms with E-state index in [0.717, 1.165) is 24.3 Å². The maximum atomic E-state index is 12.6. The molecule has 0 aliphatic rings. The lowest BCUT2D eigenvalue weighted by atomic mass is 10.2. The third-order valence-electron chi connectivity index (χ3n) is 4.31. The molecule has 0 unspecified atom stereocenters. The second-order valence-corrected chi connectivity index (χ2v) is 8.39. The zero-order valence-electron chi connectivity index (χ0n) is 17.0. The number of furan rings is 1. The van der Waals surface area contributed by atoms with Gasteiger partial charge in [0.2, 0.25) is 15.6 Å². The van der Waals surface area contributed by atoms with Crippen molar-refractivity contribution in [1.29, 1.82) is 0 Å². The Labute approximate surface area is 186 Å². The van der Waals surface area contributed by atoms with Crippen molar-refractivity contribution in [2.24, 2.45) is 0 Å². The van der Waals surface area contributed by atoms with E-state index in [2.05, 4.69) is 5.32 Å². The molecule has 33 heavy (non-hydrogen) atoms. The molecule has 9 nitrogen and oxygen atoms in total. The van der Waals surface area contributed by atoms with Crippen LogP contribution in [-0.4, -0.2) is 45.2 Å². The predicted octanol–water partition coefficient (Wildman–Crippen LogP) is 3.40. The number of carbonyl (C=O) groups excluding carboxylic acids is 3. The Hall–Kier alpha value is -3.80. The van der Waals surface area contributed by atoms with Crippen LogP contribution in [0.1, 0.15) is 27.8 Å². The fourth-order valence-electron chi connectivity index (χ4n) is 2.78. The van der Waals surface area contributed by atoms with E-state index in [0.29, 0.717) is 11.0 Å². The molecule has 0 saturated heterocycles. The molecular weight excluding hydrogens is 464 g/mol. The van der Waals surface area contributed by atoms with Gasteiger partial charge in [-0.15, -0.1) is 0 Å². The van der Waals surface area contributed by atoms with Crippen LogP contribution < -0.4 is 5.32 Å². The number of sulfone groups is 1. The van der Waals surface area contributed by atoms with E-state index < -0.39 is 44.9 Å². The molecule has 0 spiro atoms. The predicted molar refractivity (Wildman–Crippen MR) is 111 cm³/mol. The van der Waals surface area contributed by atoms with Crippen LogP contribution in [0.3, 0.4) is 0 Å². The average molecular weight is 481 g/mol. The number of ether oxygens (including phenoxy) is 2. The maximum Gasteiger partial charge on any atom is 0.376 e. The van der Waals surface area contributed by atoms with E-state index in [4.69, 9.17) is 13.9 Å². The molecule has 3 aromatic rings. The van der Waals surface area contributed by atoms with Crippen LogP contribution in [-0.2, 0) is 24.1 Å². The molecule has 174 valence electrons. The molecule has 0 bridgehead atoms. The first-order chi connectivity index (χ1) is 15.6. The number of amides is 1. The molecule has 0 aliphatic heterocycles. The van der Waals surface area contributed by atoms with Gasteiger partial charge in [-0.2, -0.15) is 8.78 Å². The lowest BCUT2D eigenvalue weighted by Gasteiger charge is -2.08. The van der Waals surface area contributed by atoms with E-state index in [1.807, 2.05) is 0 Å². The summed E-state index contributed by atoms with van der Waals surface area (Å²) in [6.07, 6.45) is 0. The summed E-state index contributed by atoms with van der Waals surface area (Å²) in [7, 11) is -4.80. The van der Waals surface area contributed by atoms with Gasteiger partial charge in [-0.3, -0.25) is 4.79 Å². The Kier molecular flexibility index (Phi) is 7.07. The highest BCUT2D eigenvalue weighted by Crippen LogP contribution is 2.31. The summed E-state index contributed by atoms with van der Waals surface area (Å²) in [5.41, 5.74) is 0.218. The lowest BCUT2D eigenvalue weighted by molar-refractivity contribution is -0.119. The standard InChI is InChI=1S/C21H17F2NO8S/c1-2-30-20(27)18-17(14-5-3-4-6-15(14)32-18)24-16(25)11-31-19(26)12-7-9-13(10-8-12)33(28,29)21(22)23/h3-10,21H,2,11H2,1H3,(H,24,25). The third-order valence-corrected chi connectivity index (χ3v) is 5.71. The number of halogens is 2. The minimum absolute atomic E-state index is 0.0478. The number of rotatable bonds is 8. The number of benzene rings is 2. The third kappa shape index (κ3) is 5.17. The molecule has 12 heteroatoms. The summed E-state index contributed by atoms with van der Waals surface area (Å²) < 4.78 is 63.3. The normalized spacial score (nSPS) is 11.4. The minimum atomic E-state index is -4.80. The number of carbonyl (C=O) groups is 3. The maximum absolute atomic E-state index is 12.6. The fraction of sp³-hybridized carbons (Fsp3) is 0.190. The number of alkyl halides is 2. The van der Waals surface area contributed by atoms with Crippen molar-refractivity contribution < 1.29 is 45.5 Å². The summed E-state index contributed by atoms with van der Waals surface area (Å²) in [6.45, 7) is 0.934. The van der Waals surface area contributed by atoms with Gasteiger partial charge in [-0.1, -0.05) is 12.1 Å². The minimum Gasteiger partial charge on any atom is -0.460 e. The van der Waals surface area contributed by atoms with Crippen LogP contribution in [0.4, 0.5) is 14.5 Å². The van der Waals surface area contributed by atoms with Gasteiger partial charge >= 0.3 is 17.7 Å². The molecule has 3 rings (SSSR count). The fourth-order valence-corrected chi connectivity index (χ4v) is 3.50. The van der Waals surface area contributed by atoms with Crippen LogP contribution >= 0.6 is 0 Å². The van der Waals surface area contributed by atoms with Gasteiger partial charge < -0.3 is 19.2 Å². The van der Waals surface area contributed by atoms with Gasteiger partial charge in [0, 0.05) is 5.39 Å². The van der Waals surface area contributed by atoms with E-state index in [-0.39, 0.29) is 23.6 Å². The topological polar surface area (TPSA) is 129 Å². The number of para-hydroxylation sites is 1. The number of nitrogens with one attached hydrogen (secondary N) is 1. The van der Waals surface area contributed by atoms with Crippen LogP contribution in [0.15, 0.2) is 57.8 Å². The second-order valence-electron chi connectivity index (χ2n) is 6.48. The van der Waals surface area contributed by atoms with Gasteiger partial charge in [-0.05, 0) is 43.3 Å². The highest BCUT2D eigenvalue weighted by atomic mass is 32.2.